The summed E-state index contributed by atoms with van der Waals surface area (Å²) in [6.07, 6.45) is 0.447. The van der Waals surface area contributed by atoms with Crippen LogP contribution < -0.4 is 10.1 Å². The van der Waals surface area contributed by atoms with Gasteiger partial charge in [-0.1, -0.05) is 49.4 Å². The maximum Gasteiger partial charge on any atom is 0.191 e. The Kier molecular flexibility index (Phi) is 11.2. The molecule has 0 aliphatic heterocycles. The third-order valence-corrected chi connectivity index (χ3v) is 4.90. The summed E-state index contributed by atoms with van der Waals surface area (Å²) in [4.78, 5) is 13.1. The third kappa shape index (κ3) is 9.19. The molecule has 0 aromatic heterocycles. The molecule has 3 atom stereocenters. The predicted octanol–water partition coefficient (Wildman–Crippen LogP) is 3.01. The van der Waals surface area contributed by atoms with E-state index in [0.717, 1.165) is 17.7 Å². The molecule has 0 aliphatic carbocycles. The van der Waals surface area contributed by atoms with Crippen molar-refractivity contribution in [1.82, 2.24) is 5.32 Å². The first-order valence-corrected chi connectivity index (χ1v) is 11.0. The van der Waals surface area contributed by atoms with Crippen LogP contribution in [0.15, 0.2) is 54.6 Å². The lowest BCUT2D eigenvalue weighted by atomic mass is 9.99. The molecule has 0 radical (unpaired) electrons. The SMILES string of the molecule is CCCOc1cccc(CC(OCC(O)CNC(C)CCO)C(=O)c2ccccc2)c1. The van der Waals surface area contributed by atoms with Crippen LogP contribution in [0.1, 0.15) is 42.6 Å². The molecule has 0 bridgehead atoms. The Morgan fingerprint density at radius 2 is 1.90 bits per heavy atom. The van der Waals surface area contributed by atoms with Crippen LogP contribution in [0.4, 0.5) is 0 Å². The molecule has 170 valence electrons. The molecule has 2 aromatic carbocycles. The highest BCUT2D eigenvalue weighted by molar-refractivity contribution is 5.99. The Morgan fingerprint density at radius 1 is 1.13 bits per heavy atom. The molecule has 6 nitrogen and oxygen atoms in total. The number of hydrogen-bond acceptors (Lipinski definition) is 6. The van der Waals surface area contributed by atoms with Crippen molar-refractivity contribution in [2.24, 2.45) is 0 Å². The Hall–Kier alpha value is -2.25. The van der Waals surface area contributed by atoms with E-state index < -0.39 is 12.2 Å². The first kappa shape index (κ1) is 25.0. The van der Waals surface area contributed by atoms with Crippen molar-refractivity contribution in [2.75, 3.05) is 26.4 Å². The van der Waals surface area contributed by atoms with Gasteiger partial charge in [0.05, 0.1) is 19.3 Å². The molecule has 3 N–H and O–H groups in total. The molecule has 0 amide bonds. The van der Waals surface area contributed by atoms with E-state index >= 15 is 0 Å². The van der Waals surface area contributed by atoms with Crippen molar-refractivity contribution in [3.8, 4) is 5.75 Å². The molecule has 0 spiro atoms. The highest BCUT2D eigenvalue weighted by Gasteiger charge is 2.23. The Balaban J connectivity index is 2.04. The second-order valence-corrected chi connectivity index (χ2v) is 7.73. The van der Waals surface area contributed by atoms with E-state index in [-0.39, 0.29) is 25.0 Å². The fourth-order valence-electron chi connectivity index (χ4n) is 3.13. The summed E-state index contributed by atoms with van der Waals surface area (Å²) in [5, 5.41) is 22.4. The van der Waals surface area contributed by atoms with Crippen LogP contribution in [0, 0.1) is 0 Å². The Labute approximate surface area is 185 Å². The van der Waals surface area contributed by atoms with Gasteiger partial charge in [0.25, 0.3) is 0 Å². The average Bonchev–Trinajstić information content (AvgIpc) is 2.79. The molecule has 3 unspecified atom stereocenters. The van der Waals surface area contributed by atoms with Gasteiger partial charge in [-0.15, -0.1) is 0 Å². The number of benzene rings is 2. The smallest absolute Gasteiger partial charge is 0.191 e. The normalized spacial score (nSPS) is 14.1. The highest BCUT2D eigenvalue weighted by atomic mass is 16.5. The largest absolute Gasteiger partial charge is 0.494 e. The van der Waals surface area contributed by atoms with Crippen LogP contribution in [0.5, 0.6) is 5.75 Å². The lowest BCUT2D eigenvalue weighted by Gasteiger charge is -2.21. The number of nitrogens with one attached hydrogen (secondary N) is 1. The molecule has 6 heteroatoms. The molecule has 2 rings (SSSR count). The summed E-state index contributed by atoms with van der Waals surface area (Å²) in [7, 11) is 0. The van der Waals surface area contributed by atoms with Crippen molar-refractivity contribution >= 4 is 5.78 Å². The lowest BCUT2D eigenvalue weighted by molar-refractivity contribution is -0.00248. The van der Waals surface area contributed by atoms with Gasteiger partial charge in [-0.05, 0) is 37.5 Å². The number of carbonyl (C=O) groups excluding carboxylic acids is 1. The Bertz CT molecular complexity index is 768. The second kappa shape index (κ2) is 13.9. The molecule has 31 heavy (non-hydrogen) atoms. The van der Waals surface area contributed by atoms with Gasteiger partial charge >= 0.3 is 0 Å². The van der Waals surface area contributed by atoms with Crippen molar-refractivity contribution in [2.45, 2.75) is 51.4 Å². The zero-order valence-corrected chi connectivity index (χ0v) is 18.5. The molecule has 0 fully saturated rings. The van der Waals surface area contributed by atoms with Gasteiger partial charge in [0.1, 0.15) is 11.9 Å². The molecule has 2 aromatic rings. The van der Waals surface area contributed by atoms with Gasteiger partial charge in [0, 0.05) is 31.2 Å². The van der Waals surface area contributed by atoms with E-state index in [0.29, 0.717) is 31.6 Å². The molecule has 0 aliphatic rings. The zero-order valence-electron chi connectivity index (χ0n) is 18.5. The molecule has 0 saturated heterocycles. The summed E-state index contributed by atoms with van der Waals surface area (Å²) in [5.74, 6) is 0.654. The third-order valence-electron chi connectivity index (χ3n) is 4.90. The lowest BCUT2D eigenvalue weighted by Crippen LogP contribution is -2.38. The number of aliphatic hydroxyl groups is 2. The summed E-state index contributed by atoms with van der Waals surface area (Å²) in [6.45, 7) is 5.09. The van der Waals surface area contributed by atoms with Gasteiger partial charge in [0.15, 0.2) is 5.78 Å². The summed E-state index contributed by atoms with van der Waals surface area (Å²) < 4.78 is 11.6. The van der Waals surface area contributed by atoms with Crippen LogP contribution in [0.2, 0.25) is 0 Å². The fourth-order valence-corrected chi connectivity index (χ4v) is 3.13. The molecular formula is C25H35NO5. The van der Waals surface area contributed by atoms with Gasteiger partial charge in [-0.3, -0.25) is 4.79 Å². The topological polar surface area (TPSA) is 88.0 Å². The number of Topliss-reactive ketones (excluding diaryl/α,β-unsaturated/α-hetero) is 1. The minimum Gasteiger partial charge on any atom is -0.494 e. The first-order chi connectivity index (χ1) is 15.0. The van der Waals surface area contributed by atoms with Gasteiger partial charge < -0.3 is 25.0 Å². The van der Waals surface area contributed by atoms with Crippen molar-refractivity contribution in [1.29, 1.82) is 0 Å². The van der Waals surface area contributed by atoms with E-state index in [9.17, 15) is 9.90 Å². The van der Waals surface area contributed by atoms with Crippen LogP contribution in [-0.4, -0.2) is 60.6 Å². The van der Waals surface area contributed by atoms with Crippen molar-refractivity contribution < 1.29 is 24.5 Å². The zero-order chi connectivity index (χ0) is 22.5. The standard InChI is InChI=1S/C25H35NO5/c1-3-14-30-23-11-7-8-20(15-23)16-24(25(29)21-9-5-4-6-10-21)31-18-22(28)17-26-19(2)12-13-27/h4-11,15,19,22,24,26-28H,3,12-14,16-18H2,1-2H3. The van der Waals surface area contributed by atoms with E-state index in [1.165, 1.54) is 0 Å². The molecular weight excluding hydrogens is 394 g/mol. The van der Waals surface area contributed by atoms with Crippen molar-refractivity contribution in [3.05, 3.63) is 65.7 Å². The maximum atomic E-state index is 13.1. The number of carbonyl (C=O) groups is 1. The molecule has 0 heterocycles. The van der Waals surface area contributed by atoms with Crippen molar-refractivity contribution in [3.63, 3.8) is 0 Å². The quantitative estimate of drug-likeness (QED) is 0.377. The minimum absolute atomic E-state index is 0.0358. The average molecular weight is 430 g/mol. The van der Waals surface area contributed by atoms with Gasteiger partial charge in [0.2, 0.25) is 0 Å². The number of ether oxygens (including phenoxy) is 2. The van der Waals surface area contributed by atoms with Gasteiger partial charge in [-0.25, -0.2) is 0 Å². The number of aliphatic hydroxyl groups excluding tert-OH is 2. The van der Waals surface area contributed by atoms with E-state index in [1.807, 2.05) is 49.4 Å². The van der Waals surface area contributed by atoms with Gasteiger partial charge in [-0.2, -0.15) is 0 Å². The monoisotopic (exact) mass is 429 g/mol. The summed E-state index contributed by atoms with van der Waals surface area (Å²) >= 11 is 0. The fraction of sp³-hybridized carbons (Fsp3) is 0.480. The van der Waals surface area contributed by atoms with E-state index in [2.05, 4.69) is 12.2 Å². The number of ketones is 1. The Morgan fingerprint density at radius 3 is 2.61 bits per heavy atom. The minimum atomic E-state index is -0.758. The summed E-state index contributed by atoms with van der Waals surface area (Å²) in [6, 6.07) is 16.8. The van der Waals surface area contributed by atoms with Crippen LogP contribution in [0.3, 0.4) is 0 Å². The molecule has 0 saturated carbocycles. The number of hydrogen-bond donors (Lipinski definition) is 3. The number of rotatable bonds is 15. The summed E-state index contributed by atoms with van der Waals surface area (Å²) in [5.41, 5.74) is 1.52. The van der Waals surface area contributed by atoms with E-state index in [4.69, 9.17) is 14.6 Å². The van der Waals surface area contributed by atoms with Crippen LogP contribution >= 0.6 is 0 Å². The maximum absolute atomic E-state index is 13.1. The first-order valence-electron chi connectivity index (χ1n) is 11.0. The van der Waals surface area contributed by atoms with Crippen LogP contribution in [0.25, 0.3) is 0 Å². The second-order valence-electron chi connectivity index (χ2n) is 7.73. The van der Waals surface area contributed by atoms with Crippen LogP contribution in [-0.2, 0) is 11.2 Å². The highest BCUT2D eigenvalue weighted by Crippen LogP contribution is 2.18. The predicted molar refractivity (Wildman–Crippen MR) is 122 cm³/mol. The van der Waals surface area contributed by atoms with E-state index in [1.54, 1.807) is 12.1 Å².